The Hall–Kier alpha value is -2.95. The number of pyridine rings is 2. The summed E-state index contributed by atoms with van der Waals surface area (Å²) in [5.41, 5.74) is 1.89. The van der Waals surface area contributed by atoms with Crippen molar-refractivity contribution in [2.24, 2.45) is 0 Å². The van der Waals surface area contributed by atoms with Gasteiger partial charge < -0.3 is 10.3 Å². The van der Waals surface area contributed by atoms with Crippen LogP contribution >= 0.6 is 0 Å². The van der Waals surface area contributed by atoms with Crippen LogP contribution in [0.1, 0.15) is 16.1 Å². The minimum absolute atomic E-state index is 0.0776. The van der Waals surface area contributed by atoms with Gasteiger partial charge in [0.1, 0.15) is 5.56 Å². The molecular formula is C16H13N3O2. The molecule has 0 saturated carbocycles. The van der Waals surface area contributed by atoms with E-state index in [0.29, 0.717) is 11.4 Å². The zero-order valence-electron chi connectivity index (χ0n) is 11.4. The molecule has 0 bridgehead atoms. The monoisotopic (exact) mass is 279 g/mol. The number of fused-ring (bicyclic) bond motifs is 1. The van der Waals surface area contributed by atoms with E-state index in [9.17, 15) is 9.59 Å². The van der Waals surface area contributed by atoms with E-state index in [4.69, 9.17) is 0 Å². The number of hydrogen-bond acceptors (Lipinski definition) is 3. The van der Waals surface area contributed by atoms with Crippen molar-refractivity contribution in [3.63, 3.8) is 0 Å². The van der Waals surface area contributed by atoms with Crippen LogP contribution in [0.4, 0.5) is 5.69 Å². The van der Waals surface area contributed by atoms with Gasteiger partial charge in [-0.1, -0.05) is 18.2 Å². The quantitative estimate of drug-likeness (QED) is 0.756. The van der Waals surface area contributed by atoms with Crippen LogP contribution in [-0.2, 0) is 0 Å². The number of H-pyrrole nitrogens is 1. The zero-order valence-corrected chi connectivity index (χ0v) is 11.4. The molecule has 1 amide bonds. The van der Waals surface area contributed by atoms with Gasteiger partial charge in [0.15, 0.2) is 5.43 Å². The molecule has 0 saturated heterocycles. The number of nitrogens with one attached hydrogen (secondary N) is 2. The molecule has 0 unspecified atom stereocenters. The molecule has 0 spiro atoms. The van der Waals surface area contributed by atoms with Crippen molar-refractivity contribution in [3.8, 4) is 0 Å². The number of carbonyl (C=O) groups is 1. The van der Waals surface area contributed by atoms with E-state index in [1.807, 2.05) is 30.3 Å². The third kappa shape index (κ3) is 2.67. The van der Waals surface area contributed by atoms with Gasteiger partial charge in [-0.3, -0.25) is 14.6 Å². The maximum atomic E-state index is 12.1. The lowest BCUT2D eigenvalue weighted by Gasteiger charge is -2.06. The fraction of sp³-hybridized carbons (Fsp3) is 0.0625. The predicted octanol–water partition coefficient (Wildman–Crippen LogP) is 2.48. The summed E-state index contributed by atoms with van der Waals surface area (Å²) >= 11 is 0. The highest BCUT2D eigenvalue weighted by atomic mass is 16.2. The van der Waals surface area contributed by atoms with Crippen LogP contribution < -0.4 is 10.7 Å². The summed E-state index contributed by atoms with van der Waals surface area (Å²) in [6.07, 6.45) is 2.99. The normalized spacial score (nSPS) is 10.5. The van der Waals surface area contributed by atoms with Crippen molar-refractivity contribution < 1.29 is 4.79 Å². The van der Waals surface area contributed by atoms with Crippen LogP contribution in [0.15, 0.2) is 53.6 Å². The summed E-state index contributed by atoms with van der Waals surface area (Å²) in [4.78, 5) is 31.0. The Kier molecular flexibility index (Phi) is 3.23. The van der Waals surface area contributed by atoms with Crippen LogP contribution in [0.2, 0.25) is 0 Å². The number of rotatable bonds is 2. The highest BCUT2D eigenvalue weighted by Crippen LogP contribution is 2.16. The molecule has 21 heavy (non-hydrogen) atoms. The number of benzene rings is 1. The summed E-state index contributed by atoms with van der Waals surface area (Å²) in [7, 11) is 0. The number of carbonyl (C=O) groups excluding carboxylic acids is 1. The average molecular weight is 279 g/mol. The van der Waals surface area contributed by atoms with E-state index in [1.54, 1.807) is 13.1 Å². The van der Waals surface area contributed by atoms with E-state index >= 15 is 0 Å². The number of hydrogen-bond donors (Lipinski definition) is 2. The van der Waals surface area contributed by atoms with Gasteiger partial charge in [0.05, 0.1) is 17.4 Å². The Morgan fingerprint density at radius 1 is 1.24 bits per heavy atom. The maximum Gasteiger partial charge on any atom is 0.261 e. The van der Waals surface area contributed by atoms with E-state index in [2.05, 4.69) is 15.3 Å². The molecule has 0 aliphatic heterocycles. The third-order valence-corrected chi connectivity index (χ3v) is 3.15. The van der Waals surface area contributed by atoms with Crippen LogP contribution in [0, 0.1) is 6.92 Å². The van der Waals surface area contributed by atoms with Crippen LogP contribution in [0.5, 0.6) is 0 Å². The number of nitrogens with zero attached hydrogens (tertiary/aromatic N) is 1. The lowest BCUT2D eigenvalue weighted by atomic mass is 10.2. The number of aryl methyl sites for hydroxylation is 1. The second kappa shape index (κ2) is 5.20. The number of aromatic nitrogens is 2. The second-order valence-corrected chi connectivity index (χ2v) is 4.76. The van der Waals surface area contributed by atoms with Crippen molar-refractivity contribution in [1.29, 1.82) is 0 Å². The molecule has 3 rings (SSSR count). The van der Waals surface area contributed by atoms with Crippen molar-refractivity contribution >= 4 is 22.5 Å². The third-order valence-electron chi connectivity index (χ3n) is 3.15. The van der Waals surface area contributed by atoms with Gasteiger partial charge in [-0.15, -0.1) is 0 Å². The summed E-state index contributed by atoms with van der Waals surface area (Å²) in [5.74, 6) is -0.451. The molecule has 5 heteroatoms. The summed E-state index contributed by atoms with van der Waals surface area (Å²) in [5, 5.41) is 3.61. The molecule has 0 radical (unpaired) electrons. The fourth-order valence-electron chi connectivity index (χ4n) is 2.09. The van der Waals surface area contributed by atoms with Gasteiger partial charge in [-0.05, 0) is 19.1 Å². The fourth-order valence-corrected chi connectivity index (χ4v) is 2.09. The topological polar surface area (TPSA) is 74.8 Å². The lowest BCUT2D eigenvalue weighted by Crippen LogP contribution is -2.21. The Labute approximate surface area is 120 Å². The summed E-state index contributed by atoms with van der Waals surface area (Å²) in [6.45, 7) is 1.76. The predicted molar refractivity (Wildman–Crippen MR) is 81.5 cm³/mol. The molecule has 2 heterocycles. The number of amides is 1. The van der Waals surface area contributed by atoms with Gasteiger partial charge in [-0.2, -0.15) is 0 Å². The Bertz CT molecular complexity index is 884. The standard InChI is InChI=1S/C16H13N3O2/c1-10-6-15(20)13(9-17-10)16(21)19-12-7-11-4-2-3-5-14(11)18-8-12/h2-9H,1H3,(H,17,20)(H,19,21). The molecule has 104 valence electrons. The van der Waals surface area contributed by atoms with E-state index in [1.165, 1.54) is 12.3 Å². The second-order valence-electron chi connectivity index (χ2n) is 4.76. The van der Waals surface area contributed by atoms with Crippen molar-refractivity contribution in [3.05, 3.63) is 70.3 Å². The first-order chi connectivity index (χ1) is 10.1. The molecule has 2 N–H and O–H groups in total. The smallest absolute Gasteiger partial charge is 0.261 e. The summed E-state index contributed by atoms with van der Waals surface area (Å²) < 4.78 is 0. The lowest BCUT2D eigenvalue weighted by molar-refractivity contribution is 0.102. The maximum absolute atomic E-state index is 12.1. The molecular weight excluding hydrogens is 266 g/mol. The van der Waals surface area contributed by atoms with Gasteiger partial charge in [0, 0.05) is 23.3 Å². The van der Waals surface area contributed by atoms with Gasteiger partial charge in [0.25, 0.3) is 5.91 Å². The molecule has 5 nitrogen and oxygen atoms in total. The van der Waals surface area contributed by atoms with Crippen LogP contribution in [-0.4, -0.2) is 15.9 Å². The molecule has 2 aromatic heterocycles. The Morgan fingerprint density at radius 3 is 2.86 bits per heavy atom. The van der Waals surface area contributed by atoms with E-state index in [0.717, 1.165) is 10.9 Å². The molecule has 3 aromatic rings. The summed E-state index contributed by atoms with van der Waals surface area (Å²) in [6, 6.07) is 10.8. The molecule has 0 atom stereocenters. The minimum atomic E-state index is -0.451. The highest BCUT2D eigenvalue weighted by Gasteiger charge is 2.11. The SMILES string of the molecule is Cc1cc(=O)c(C(=O)Nc2cnc3ccccc3c2)c[nH]1. The molecule has 1 aromatic carbocycles. The first kappa shape index (κ1) is 13.1. The molecule has 0 aliphatic rings. The largest absolute Gasteiger partial charge is 0.364 e. The van der Waals surface area contributed by atoms with Gasteiger partial charge in [-0.25, -0.2) is 0 Å². The van der Waals surface area contributed by atoms with E-state index < -0.39 is 5.91 Å². The molecule has 0 fully saturated rings. The number of para-hydroxylation sites is 1. The van der Waals surface area contributed by atoms with Crippen molar-refractivity contribution in [1.82, 2.24) is 9.97 Å². The van der Waals surface area contributed by atoms with E-state index in [-0.39, 0.29) is 11.0 Å². The molecule has 0 aliphatic carbocycles. The Balaban J connectivity index is 1.90. The highest BCUT2D eigenvalue weighted by molar-refractivity contribution is 6.04. The zero-order chi connectivity index (χ0) is 14.8. The van der Waals surface area contributed by atoms with Gasteiger partial charge in [0.2, 0.25) is 0 Å². The van der Waals surface area contributed by atoms with Crippen LogP contribution in [0.3, 0.4) is 0 Å². The van der Waals surface area contributed by atoms with Crippen molar-refractivity contribution in [2.45, 2.75) is 6.92 Å². The van der Waals surface area contributed by atoms with Crippen molar-refractivity contribution in [2.75, 3.05) is 5.32 Å². The van der Waals surface area contributed by atoms with Gasteiger partial charge >= 0.3 is 0 Å². The minimum Gasteiger partial charge on any atom is -0.364 e. The Morgan fingerprint density at radius 2 is 2.05 bits per heavy atom. The first-order valence-corrected chi connectivity index (χ1v) is 6.49. The first-order valence-electron chi connectivity index (χ1n) is 6.49. The number of anilines is 1. The number of aromatic amines is 1. The average Bonchev–Trinajstić information content (AvgIpc) is 2.47. The van der Waals surface area contributed by atoms with Crippen LogP contribution in [0.25, 0.3) is 10.9 Å².